The molecule has 15 heteroatoms. The van der Waals surface area contributed by atoms with Crippen LogP contribution in [0.5, 0.6) is 0 Å². The van der Waals surface area contributed by atoms with Gasteiger partial charge < -0.3 is 28.6 Å². The van der Waals surface area contributed by atoms with Gasteiger partial charge in [0, 0.05) is 0 Å². The maximum atomic E-state index is 13.1. The summed E-state index contributed by atoms with van der Waals surface area (Å²) in [6, 6.07) is 0. The molecule has 3 N–H and O–H groups in total. The Hall–Kier alpha value is -1.18. The molecule has 1 rings (SSSR count). The Kier molecular flexibility index (Phi) is 11.9. The van der Waals surface area contributed by atoms with E-state index < -0.39 is 80.0 Å². The van der Waals surface area contributed by atoms with Gasteiger partial charge in [0.15, 0.2) is 25.0 Å². The summed E-state index contributed by atoms with van der Waals surface area (Å²) in [4.78, 5) is 39.4. The van der Waals surface area contributed by atoms with Gasteiger partial charge in [0.05, 0.1) is 57.8 Å². The molecule has 3 atom stereocenters. The van der Waals surface area contributed by atoms with Crippen LogP contribution in [0.15, 0.2) is 14.4 Å². The van der Waals surface area contributed by atoms with Crippen molar-refractivity contribution in [2.45, 2.75) is 96.9 Å². The maximum absolute atomic E-state index is 13.1. The minimum atomic E-state index is -1.96. The highest BCUT2D eigenvalue weighted by Crippen LogP contribution is 2.06. The SMILES string of the molecule is C[Si](C)(C)OCC(O)Cn1c(=O)n(CC(O)CO[Si](C)(C)C)c(=O)n(CC(O)CO[Si](C)(C)C)c1=O. The van der Waals surface area contributed by atoms with Crippen molar-refractivity contribution >= 4 is 25.0 Å². The van der Waals surface area contributed by atoms with Crippen molar-refractivity contribution in [1.82, 2.24) is 13.7 Å². The van der Waals surface area contributed by atoms with Crippen LogP contribution in [-0.4, -0.2) is 92.1 Å². The summed E-state index contributed by atoms with van der Waals surface area (Å²) in [6.07, 6.45) is -3.54. The molecule has 0 spiro atoms. The summed E-state index contributed by atoms with van der Waals surface area (Å²) in [6.45, 7) is 16.0. The van der Waals surface area contributed by atoms with Crippen LogP contribution in [0.1, 0.15) is 0 Å². The van der Waals surface area contributed by atoms with Crippen LogP contribution >= 0.6 is 0 Å². The first-order chi connectivity index (χ1) is 16.2. The minimum absolute atomic E-state index is 0.0833. The van der Waals surface area contributed by atoms with E-state index in [1.807, 2.05) is 58.9 Å². The molecular weight excluding hydrogens is 523 g/mol. The molecule has 0 saturated heterocycles. The second kappa shape index (κ2) is 13.1. The van der Waals surface area contributed by atoms with Gasteiger partial charge in [-0.05, 0) is 58.9 Å². The highest BCUT2D eigenvalue weighted by atomic mass is 28.4. The van der Waals surface area contributed by atoms with Crippen LogP contribution in [-0.2, 0) is 32.9 Å². The fourth-order valence-electron chi connectivity index (χ4n) is 2.98. The molecule has 0 aliphatic rings. The zero-order chi connectivity index (χ0) is 28.1. The number of rotatable bonds is 15. The molecule has 3 unspecified atom stereocenters. The third kappa shape index (κ3) is 11.9. The van der Waals surface area contributed by atoms with Gasteiger partial charge in [0.1, 0.15) is 0 Å². The zero-order valence-electron chi connectivity index (χ0n) is 23.1. The second-order valence-electron chi connectivity index (χ2n) is 11.9. The van der Waals surface area contributed by atoms with Crippen molar-refractivity contribution in [1.29, 1.82) is 0 Å². The first kappa shape index (κ1) is 32.8. The Morgan fingerprint density at radius 2 is 0.722 bits per heavy atom. The summed E-state index contributed by atoms with van der Waals surface area (Å²) in [5.41, 5.74) is -2.89. The fourth-order valence-corrected chi connectivity index (χ4v) is 5.06. The van der Waals surface area contributed by atoms with Gasteiger partial charge in [-0.3, -0.25) is 0 Å². The largest absolute Gasteiger partial charge is 0.415 e. The van der Waals surface area contributed by atoms with Crippen LogP contribution in [0.25, 0.3) is 0 Å². The lowest BCUT2D eigenvalue weighted by Crippen LogP contribution is -2.57. The van der Waals surface area contributed by atoms with Crippen molar-refractivity contribution in [3.8, 4) is 0 Å². The summed E-state index contributed by atoms with van der Waals surface area (Å²) in [5, 5.41) is 31.3. The van der Waals surface area contributed by atoms with Gasteiger partial charge in [0.2, 0.25) is 0 Å². The van der Waals surface area contributed by atoms with Crippen molar-refractivity contribution in [2.24, 2.45) is 0 Å². The number of aliphatic hydroxyl groups excluding tert-OH is 3. The Morgan fingerprint density at radius 1 is 0.528 bits per heavy atom. The minimum Gasteiger partial charge on any atom is -0.415 e. The highest BCUT2D eigenvalue weighted by molar-refractivity contribution is 6.70. The van der Waals surface area contributed by atoms with Crippen molar-refractivity contribution in [2.75, 3.05) is 19.8 Å². The normalized spacial score (nSPS) is 15.7. The zero-order valence-corrected chi connectivity index (χ0v) is 26.1. The third-order valence-corrected chi connectivity index (χ3v) is 7.79. The summed E-state index contributed by atoms with van der Waals surface area (Å²) in [5.74, 6) is 0. The van der Waals surface area contributed by atoms with Gasteiger partial charge in [-0.15, -0.1) is 0 Å². The quantitative estimate of drug-likeness (QED) is 0.245. The van der Waals surface area contributed by atoms with E-state index in [1.54, 1.807) is 0 Å². The topological polar surface area (TPSA) is 154 Å². The number of hydrogen-bond donors (Lipinski definition) is 3. The number of aliphatic hydroxyl groups is 3. The lowest BCUT2D eigenvalue weighted by atomic mass is 10.3. The first-order valence-electron chi connectivity index (χ1n) is 12.1. The smallest absolute Gasteiger partial charge is 0.336 e. The van der Waals surface area contributed by atoms with Crippen molar-refractivity contribution < 1.29 is 28.6 Å². The molecule has 1 heterocycles. The Morgan fingerprint density at radius 3 is 0.889 bits per heavy atom. The van der Waals surface area contributed by atoms with Crippen LogP contribution < -0.4 is 17.1 Å². The molecule has 0 saturated carbocycles. The molecular formula is C21H45N3O9Si3. The van der Waals surface area contributed by atoms with Gasteiger partial charge in [0.25, 0.3) is 0 Å². The van der Waals surface area contributed by atoms with E-state index in [1.165, 1.54) is 0 Å². The molecule has 0 bridgehead atoms. The molecule has 1 aromatic rings. The van der Waals surface area contributed by atoms with Crippen LogP contribution in [0.3, 0.4) is 0 Å². The van der Waals surface area contributed by atoms with E-state index in [-0.39, 0.29) is 19.8 Å². The van der Waals surface area contributed by atoms with E-state index >= 15 is 0 Å². The van der Waals surface area contributed by atoms with Crippen LogP contribution in [0.4, 0.5) is 0 Å². The van der Waals surface area contributed by atoms with E-state index in [0.717, 1.165) is 13.7 Å². The average molecular weight is 568 g/mol. The molecule has 36 heavy (non-hydrogen) atoms. The van der Waals surface area contributed by atoms with Gasteiger partial charge in [-0.1, -0.05) is 0 Å². The predicted octanol–water partition coefficient (Wildman–Crippen LogP) is -0.191. The number of hydrogen-bond acceptors (Lipinski definition) is 9. The van der Waals surface area contributed by atoms with Gasteiger partial charge >= 0.3 is 17.1 Å². The van der Waals surface area contributed by atoms with Crippen LogP contribution in [0, 0.1) is 0 Å². The number of aromatic nitrogens is 3. The molecule has 0 aliphatic heterocycles. The Balaban J connectivity index is 3.37. The van der Waals surface area contributed by atoms with E-state index in [2.05, 4.69) is 0 Å². The first-order valence-corrected chi connectivity index (χ1v) is 22.3. The van der Waals surface area contributed by atoms with Gasteiger partial charge in [-0.25, -0.2) is 28.1 Å². The molecule has 0 aromatic carbocycles. The molecule has 0 amide bonds. The van der Waals surface area contributed by atoms with Crippen LogP contribution in [0.2, 0.25) is 58.9 Å². The maximum Gasteiger partial charge on any atom is 0.336 e. The average Bonchev–Trinajstić information content (AvgIpc) is 2.71. The molecule has 1 aromatic heterocycles. The van der Waals surface area contributed by atoms with Crippen molar-refractivity contribution in [3.63, 3.8) is 0 Å². The second-order valence-corrected chi connectivity index (χ2v) is 25.5. The standard InChI is InChI=1S/C21H45N3O9Si3/c1-34(2,3)31-13-16(25)10-22-19(28)23(11-17(26)14-32-35(4,5)6)21(30)24(20(22)29)12-18(27)15-33-36(7,8)9/h16-18,25-27H,10-15H2,1-9H3. The number of nitrogens with zero attached hydrogens (tertiary/aromatic N) is 3. The van der Waals surface area contributed by atoms with E-state index in [9.17, 15) is 29.7 Å². The van der Waals surface area contributed by atoms with E-state index in [4.69, 9.17) is 13.3 Å². The van der Waals surface area contributed by atoms with E-state index in [0.29, 0.717) is 0 Å². The molecule has 0 radical (unpaired) electrons. The van der Waals surface area contributed by atoms with Gasteiger partial charge in [-0.2, -0.15) is 0 Å². The predicted molar refractivity (Wildman–Crippen MR) is 145 cm³/mol. The fraction of sp³-hybridized carbons (Fsp3) is 0.857. The third-order valence-electron chi connectivity index (χ3n) is 4.69. The highest BCUT2D eigenvalue weighted by Gasteiger charge is 2.24. The lowest BCUT2D eigenvalue weighted by Gasteiger charge is -2.23. The summed E-state index contributed by atoms with van der Waals surface area (Å²) in [7, 11) is -5.88. The molecule has 210 valence electrons. The summed E-state index contributed by atoms with van der Waals surface area (Å²) < 4.78 is 19.2. The lowest BCUT2D eigenvalue weighted by molar-refractivity contribution is 0.0719. The summed E-state index contributed by atoms with van der Waals surface area (Å²) >= 11 is 0. The molecule has 12 nitrogen and oxygen atoms in total. The Labute approximate surface area is 215 Å². The van der Waals surface area contributed by atoms with Crippen molar-refractivity contribution in [3.05, 3.63) is 31.5 Å². The Bertz CT molecular complexity index is 861. The molecule has 0 fully saturated rings. The monoisotopic (exact) mass is 567 g/mol. The molecule has 0 aliphatic carbocycles.